The van der Waals surface area contributed by atoms with Crippen LogP contribution in [-0.4, -0.2) is 25.8 Å². The lowest BCUT2D eigenvalue weighted by Crippen LogP contribution is -2.46. The van der Waals surface area contributed by atoms with E-state index in [1.54, 1.807) is 16.4 Å². The first-order chi connectivity index (χ1) is 13.9. The van der Waals surface area contributed by atoms with E-state index in [4.69, 9.17) is 0 Å². The zero-order valence-corrected chi connectivity index (χ0v) is 17.6. The molecule has 3 aromatic carbocycles. The SMILES string of the molecule is Cc1ccc(S(=O)(=O)N2CC=C(c3ccccc3)C(C)(c3ccccc3)C2)cc1. The topological polar surface area (TPSA) is 37.4 Å². The molecule has 0 saturated heterocycles. The second kappa shape index (κ2) is 7.62. The Balaban J connectivity index is 1.80. The van der Waals surface area contributed by atoms with Crippen LogP contribution in [0.25, 0.3) is 5.57 Å². The zero-order valence-electron chi connectivity index (χ0n) is 16.7. The zero-order chi connectivity index (χ0) is 20.5. The van der Waals surface area contributed by atoms with Crippen LogP contribution in [0.15, 0.2) is 95.9 Å². The molecule has 4 heteroatoms. The summed E-state index contributed by atoms with van der Waals surface area (Å²) in [5.74, 6) is 0. The molecule has 148 valence electrons. The van der Waals surface area contributed by atoms with Gasteiger partial charge in [0.25, 0.3) is 0 Å². The van der Waals surface area contributed by atoms with Gasteiger partial charge in [0.15, 0.2) is 0 Å². The molecule has 1 atom stereocenters. The summed E-state index contributed by atoms with van der Waals surface area (Å²) in [6.45, 7) is 4.85. The number of hydrogen-bond donors (Lipinski definition) is 0. The van der Waals surface area contributed by atoms with Gasteiger partial charge in [-0.3, -0.25) is 0 Å². The van der Waals surface area contributed by atoms with Gasteiger partial charge >= 0.3 is 0 Å². The Morgan fingerprint density at radius 2 is 1.41 bits per heavy atom. The fourth-order valence-electron chi connectivity index (χ4n) is 4.07. The maximum Gasteiger partial charge on any atom is 0.243 e. The van der Waals surface area contributed by atoms with Crippen LogP contribution in [0, 0.1) is 6.92 Å². The van der Waals surface area contributed by atoms with Crippen LogP contribution in [0.4, 0.5) is 0 Å². The van der Waals surface area contributed by atoms with Crippen LogP contribution in [0.5, 0.6) is 0 Å². The standard InChI is InChI=1S/C25H25NO2S/c1-20-13-15-23(16-14-20)29(27,28)26-18-17-24(21-9-5-3-6-10-21)25(2,19-26)22-11-7-4-8-12-22/h3-17H,18-19H2,1-2H3. The lowest BCUT2D eigenvalue weighted by atomic mass is 9.71. The summed E-state index contributed by atoms with van der Waals surface area (Å²) in [6.07, 6.45) is 2.07. The van der Waals surface area contributed by atoms with E-state index >= 15 is 0 Å². The molecule has 1 unspecified atom stereocenters. The third-order valence-electron chi connectivity index (χ3n) is 5.74. The van der Waals surface area contributed by atoms with Crippen molar-refractivity contribution < 1.29 is 8.42 Å². The Bertz CT molecular complexity index is 1120. The maximum atomic E-state index is 13.4. The number of rotatable bonds is 4. The van der Waals surface area contributed by atoms with Crippen molar-refractivity contribution in [2.24, 2.45) is 0 Å². The van der Waals surface area contributed by atoms with E-state index in [2.05, 4.69) is 37.3 Å². The minimum absolute atomic E-state index is 0.343. The lowest BCUT2D eigenvalue weighted by molar-refractivity contribution is 0.369. The molecule has 0 amide bonds. The molecular weight excluding hydrogens is 378 g/mol. The highest BCUT2D eigenvalue weighted by atomic mass is 32.2. The largest absolute Gasteiger partial charge is 0.243 e. The molecule has 1 heterocycles. The molecule has 1 aliphatic rings. The Kier molecular flexibility index (Phi) is 5.15. The smallest absolute Gasteiger partial charge is 0.207 e. The molecule has 0 radical (unpaired) electrons. The van der Waals surface area contributed by atoms with Crippen molar-refractivity contribution in [1.82, 2.24) is 4.31 Å². The number of aryl methyl sites for hydroxylation is 1. The van der Waals surface area contributed by atoms with Gasteiger partial charge in [0.2, 0.25) is 10.0 Å². The van der Waals surface area contributed by atoms with E-state index in [0.29, 0.717) is 18.0 Å². The molecule has 1 aliphatic heterocycles. The summed E-state index contributed by atoms with van der Waals surface area (Å²) in [4.78, 5) is 0.343. The summed E-state index contributed by atoms with van der Waals surface area (Å²) in [6, 6.07) is 27.5. The Morgan fingerprint density at radius 3 is 2.03 bits per heavy atom. The molecule has 0 fully saturated rings. The molecule has 0 bridgehead atoms. The Labute approximate surface area is 173 Å². The highest BCUT2D eigenvalue weighted by molar-refractivity contribution is 7.89. The molecule has 4 rings (SSSR count). The number of nitrogens with zero attached hydrogens (tertiary/aromatic N) is 1. The van der Waals surface area contributed by atoms with Crippen LogP contribution in [0.3, 0.4) is 0 Å². The van der Waals surface area contributed by atoms with Crippen molar-refractivity contribution in [2.45, 2.75) is 24.2 Å². The van der Waals surface area contributed by atoms with Crippen LogP contribution < -0.4 is 0 Å². The molecule has 3 nitrogen and oxygen atoms in total. The van der Waals surface area contributed by atoms with Gasteiger partial charge in [-0.15, -0.1) is 0 Å². The van der Waals surface area contributed by atoms with Gasteiger partial charge < -0.3 is 0 Å². The monoisotopic (exact) mass is 403 g/mol. The molecule has 29 heavy (non-hydrogen) atoms. The van der Waals surface area contributed by atoms with E-state index < -0.39 is 15.4 Å². The quantitative estimate of drug-likeness (QED) is 0.612. The third kappa shape index (κ3) is 3.66. The molecule has 0 saturated carbocycles. The highest BCUT2D eigenvalue weighted by Crippen LogP contribution is 2.42. The van der Waals surface area contributed by atoms with Gasteiger partial charge in [-0.1, -0.05) is 91.4 Å². The Morgan fingerprint density at radius 1 is 0.828 bits per heavy atom. The summed E-state index contributed by atoms with van der Waals surface area (Å²) < 4.78 is 28.3. The highest BCUT2D eigenvalue weighted by Gasteiger charge is 2.40. The van der Waals surface area contributed by atoms with Crippen molar-refractivity contribution in [1.29, 1.82) is 0 Å². The first kappa shape index (κ1) is 19.6. The van der Waals surface area contributed by atoms with Crippen LogP contribution in [0.1, 0.15) is 23.6 Å². The van der Waals surface area contributed by atoms with Crippen molar-refractivity contribution >= 4 is 15.6 Å². The van der Waals surface area contributed by atoms with E-state index in [-0.39, 0.29) is 0 Å². The summed E-state index contributed by atoms with van der Waals surface area (Å²) in [5, 5.41) is 0. The second-order valence-electron chi connectivity index (χ2n) is 7.79. The number of hydrogen-bond acceptors (Lipinski definition) is 2. The van der Waals surface area contributed by atoms with Gasteiger partial charge in [-0.25, -0.2) is 8.42 Å². The lowest BCUT2D eigenvalue weighted by Gasteiger charge is -2.41. The fraction of sp³-hybridized carbons (Fsp3) is 0.200. The molecule has 0 spiro atoms. The molecule has 0 N–H and O–H groups in total. The van der Waals surface area contributed by atoms with Crippen molar-refractivity contribution in [3.8, 4) is 0 Å². The van der Waals surface area contributed by atoms with E-state index in [0.717, 1.165) is 16.7 Å². The fourth-order valence-corrected chi connectivity index (χ4v) is 5.55. The van der Waals surface area contributed by atoms with Gasteiger partial charge in [0.05, 0.1) is 4.90 Å². The van der Waals surface area contributed by atoms with Crippen molar-refractivity contribution in [3.63, 3.8) is 0 Å². The molecule has 3 aromatic rings. The van der Waals surface area contributed by atoms with Crippen molar-refractivity contribution in [2.75, 3.05) is 13.1 Å². The van der Waals surface area contributed by atoms with Crippen LogP contribution >= 0.6 is 0 Å². The predicted molar refractivity (Wildman–Crippen MR) is 118 cm³/mol. The molecule has 0 aliphatic carbocycles. The van der Waals surface area contributed by atoms with Gasteiger partial charge in [-0.2, -0.15) is 4.31 Å². The average Bonchev–Trinajstić information content (AvgIpc) is 2.75. The van der Waals surface area contributed by atoms with E-state index in [1.807, 2.05) is 55.5 Å². The first-order valence-corrected chi connectivity index (χ1v) is 11.2. The third-order valence-corrected chi connectivity index (χ3v) is 7.57. The van der Waals surface area contributed by atoms with Crippen molar-refractivity contribution in [3.05, 3.63) is 108 Å². The minimum atomic E-state index is -3.57. The first-order valence-electron chi connectivity index (χ1n) is 9.80. The van der Waals surface area contributed by atoms with Gasteiger partial charge in [0.1, 0.15) is 0 Å². The second-order valence-corrected chi connectivity index (χ2v) is 9.73. The Hall–Kier alpha value is -2.69. The summed E-state index contributed by atoms with van der Waals surface area (Å²) in [5.41, 5.74) is 4.01. The maximum absolute atomic E-state index is 13.4. The van der Waals surface area contributed by atoms with Crippen LogP contribution in [0.2, 0.25) is 0 Å². The summed E-state index contributed by atoms with van der Waals surface area (Å²) >= 11 is 0. The van der Waals surface area contributed by atoms with Gasteiger partial charge in [-0.05, 0) is 35.8 Å². The number of sulfonamides is 1. The summed E-state index contributed by atoms with van der Waals surface area (Å²) in [7, 11) is -3.57. The number of benzene rings is 3. The van der Waals surface area contributed by atoms with E-state index in [9.17, 15) is 8.42 Å². The van der Waals surface area contributed by atoms with E-state index in [1.165, 1.54) is 5.57 Å². The normalized spacial score (nSPS) is 20.3. The average molecular weight is 404 g/mol. The van der Waals surface area contributed by atoms with Crippen LogP contribution in [-0.2, 0) is 15.4 Å². The molecule has 0 aromatic heterocycles. The molecular formula is C25H25NO2S. The van der Waals surface area contributed by atoms with Gasteiger partial charge in [0, 0.05) is 18.5 Å². The predicted octanol–water partition coefficient (Wildman–Crippen LogP) is 5.04. The minimum Gasteiger partial charge on any atom is -0.207 e.